The highest BCUT2D eigenvalue weighted by atomic mass is 16.5. The molecule has 1 aliphatic rings. The SMILES string of the molecule is CCCC(C)c1ccc(CN2CCN(CCCOCC(C)C)CC2)cc1. The predicted octanol–water partition coefficient (Wildman–Crippen LogP) is 4.77. The summed E-state index contributed by atoms with van der Waals surface area (Å²) in [6, 6.07) is 9.34. The zero-order chi connectivity index (χ0) is 18.8. The standard InChI is InChI=1S/C23H40N2O/c1-5-7-21(4)23-10-8-22(9-11-23)18-25-15-13-24(14-16-25)12-6-17-26-19-20(2)3/h8-11,20-21H,5-7,12-19H2,1-4H3. The van der Waals surface area contributed by atoms with E-state index in [4.69, 9.17) is 4.74 Å². The molecule has 0 bridgehead atoms. The summed E-state index contributed by atoms with van der Waals surface area (Å²) < 4.78 is 5.69. The summed E-state index contributed by atoms with van der Waals surface area (Å²) in [6.45, 7) is 17.8. The van der Waals surface area contributed by atoms with Crippen LogP contribution in [0.15, 0.2) is 24.3 Å². The number of benzene rings is 1. The van der Waals surface area contributed by atoms with Crippen LogP contribution in [0.1, 0.15) is 64.0 Å². The van der Waals surface area contributed by atoms with Gasteiger partial charge in [0.15, 0.2) is 0 Å². The fourth-order valence-electron chi connectivity index (χ4n) is 3.69. The van der Waals surface area contributed by atoms with Crippen LogP contribution in [0.3, 0.4) is 0 Å². The Morgan fingerprint density at radius 2 is 1.62 bits per heavy atom. The Bertz CT molecular complexity index is 477. The summed E-state index contributed by atoms with van der Waals surface area (Å²) in [6.07, 6.45) is 3.70. The zero-order valence-electron chi connectivity index (χ0n) is 17.5. The second-order valence-electron chi connectivity index (χ2n) is 8.37. The van der Waals surface area contributed by atoms with Gasteiger partial charge in [-0.25, -0.2) is 0 Å². The molecule has 148 valence electrons. The van der Waals surface area contributed by atoms with Crippen molar-refractivity contribution in [3.8, 4) is 0 Å². The van der Waals surface area contributed by atoms with Gasteiger partial charge in [0.25, 0.3) is 0 Å². The largest absolute Gasteiger partial charge is 0.381 e. The van der Waals surface area contributed by atoms with E-state index in [1.54, 1.807) is 0 Å². The van der Waals surface area contributed by atoms with E-state index in [1.807, 2.05) is 0 Å². The lowest BCUT2D eigenvalue weighted by atomic mass is 9.95. The highest BCUT2D eigenvalue weighted by Gasteiger charge is 2.16. The Morgan fingerprint density at radius 1 is 0.962 bits per heavy atom. The van der Waals surface area contributed by atoms with Crippen molar-refractivity contribution in [2.75, 3.05) is 45.9 Å². The van der Waals surface area contributed by atoms with E-state index in [1.165, 1.54) is 56.7 Å². The van der Waals surface area contributed by atoms with Gasteiger partial charge in [-0.05, 0) is 35.8 Å². The number of ether oxygens (including phenoxy) is 1. The summed E-state index contributed by atoms with van der Waals surface area (Å²) in [5.74, 6) is 1.32. The van der Waals surface area contributed by atoms with Gasteiger partial charge in [-0.15, -0.1) is 0 Å². The second-order valence-corrected chi connectivity index (χ2v) is 8.37. The molecule has 1 saturated heterocycles. The first-order valence-corrected chi connectivity index (χ1v) is 10.7. The summed E-state index contributed by atoms with van der Waals surface area (Å²) in [4.78, 5) is 5.18. The first-order chi connectivity index (χ1) is 12.6. The van der Waals surface area contributed by atoms with Crippen molar-refractivity contribution in [2.45, 2.75) is 59.4 Å². The third-order valence-corrected chi connectivity index (χ3v) is 5.36. The van der Waals surface area contributed by atoms with Gasteiger partial charge in [-0.2, -0.15) is 0 Å². The zero-order valence-corrected chi connectivity index (χ0v) is 17.5. The highest BCUT2D eigenvalue weighted by Crippen LogP contribution is 2.21. The van der Waals surface area contributed by atoms with Crippen molar-refractivity contribution < 1.29 is 4.74 Å². The first-order valence-electron chi connectivity index (χ1n) is 10.7. The molecule has 3 nitrogen and oxygen atoms in total. The third-order valence-electron chi connectivity index (χ3n) is 5.36. The minimum Gasteiger partial charge on any atom is -0.381 e. The van der Waals surface area contributed by atoms with E-state index in [-0.39, 0.29) is 0 Å². The summed E-state index contributed by atoms with van der Waals surface area (Å²) >= 11 is 0. The van der Waals surface area contributed by atoms with E-state index >= 15 is 0 Å². The Labute approximate surface area is 161 Å². The molecule has 1 aliphatic heterocycles. The van der Waals surface area contributed by atoms with Crippen LogP contribution in [0.5, 0.6) is 0 Å². The lowest BCUT2D eigenvalue weighted by Gasteiger charge is -2.34. The van der Waals surface area contributed by atoms with E-state index in [9.17, 15) is 0 Å². The minimum atomic E-state index is 0.641. The quantitative estimate of drug-likeness (QED) is 0.529. The van der Waals surface area contributed by atoms with Gasteiger partial charge in [-0.1, -0.05) is 58.4 Å². The minimum absolute atomic E-state index is 0.641. The van der Waals surface area contributed by atoms with Crippen LogP contribution in [-0.4, -0.2) is 55.7 Å². The fraction of sp³-hybridized carbons (Fsp3) is 0.739. The molecule has 0 aliphatic carbocycles. The topological polar surface area (TPSA) is 15.7 Å². The summed E-state index contributed by atoms with van der Waals surface area (Å²) in [5, 5.41) is 0. The average Bonchev–Trinajstić information content (AvgIpc) is 2.63. The number of nitrogens with zero attached hydrogens (tertiary/aromatic N) is 2. The van der Waals surface area contributed by atoms with Crippen molar-refractivity contribution in [2.24, 2.45) is 5.92 Å². The molecule has 1 unspecified atom stereocenters. The maximum absolute atomic E-state index is 5.69. The molecule has 0 saturated carbocycles. The molecule has 0 spiro atoms. The second kappa shape index (κ2) is 11.7. The van der Waals surface area contributed by atoms with Crippen LogP contribution in [0.2, 0.25) is 0 Å². The molecule has 0 radical (unpaired) electrons. The van der Waals surface area contributed by atoms with Crippen LogP contribution < -0.4 is 0 Å². The Balaban J connectivity index is 1.64. The number of hydrogen-bond donors (Lipinski definition) is 0. The van der Waals surface area contributed by atoms with Gasteiger partial charge < -0.3 is 9.64 Å². The molecule has 1 heterocycles. The molecule has 0 N–H and O–H groups in total. The lowest BCUT2D eigenvalue weighted by Crippen LogP contribution is -2.46. The predicted molar refractivity (Wildman–Crippen MR) is 112 cm³/mol. The van der Waals surface area contributed by atoms with Gasteiger partial charge in [0.1, 0.15) is 0 Å². The fourth-order valence-corrected chi connectivity index (χ4v) is 3.69. The van der Waals surface area contributed by atoms with Gasteiger partial charge in [0.05, 0.1) is 0 Å². The van der Waals surface area contributed by atoms with Gasteiger partial charge in [0, 0.05) is 52.5 Å². The number of piperazine rings is 1. The monoisotopic (exact) mass is 360 g/mol. The first kappa shape index (κ1) is 21.4. The van der Waals surface area contributed by atoms with Crippen molar-refractivity contribution in [1.29, 1.82) is 0 Å². The number of hydrogen-bond acceptors (Lipinski definition) is 3. The van der Waals surface area contributed by atoms with Crippen LogP contribution in [0, 0.1) is 5.92 Å². The van der Waals surface area contributed by atoms with Crippen LogP contribution in [-0.2, 0) is 11.3 Å². The molecular weight excluding hydrogens is 320 g/mol. The summed E-state index contributed by atoms with van der Waals surface area (Å²) in [5.41, 5.74) is 2.94. The molecule has 2 rings (SSSR count). The average molecular weight is 361 g/mol. The molecule has 26 heavy (non-hydrogen) atoms. The van der Waals surface area contributed by atoms with Crippen molar-refractivity contribution in [3.05, 3.63) is 35.4 Å². The molecule has 1 fully saturated rings. The maximum Gasteiger partial charge on any atom is 0.0489 e. The molecule has 3 heteroatoms. The Kier molecular flexibility index (Phi) is 9.66. The smallest absolute Gasteiger partial charge is 0.0489 e. The normalized spacial score (nSPS) is 17.7. The third kappa shape index (κ3) is 7.77. The van der Waals surface area contributed by atoms with Crippen LogP contribution >= 0.6 is 0 Å². The van der Waals surface area contributed by atoms with Gasteiger partial charge in [-0.3, -0.25) is 4.90 Å². The van der Waals surface area contributed by atoms with E-state index < -0.39 is 0 Å². The molecule has 1 atom stereocenters. The van der Waals surface area contributed by atoms with Gasteiger partial charge in [0.2, 0.25) is 0 Å². The molecule has 0 amide bonds. The van der Waals surface area contributed by atoms with E-state index in [0.29, 0.717) is 11.8 Å². The van der Waals surface area contributed by atoms with Gasteiger partial charge >= 0.3 is 0 Å². The molecule has 1 aromatic carbocycles. The molecule has 1 aromatic rings. The Morgan fingerprint density at radius 3 is 2.23 bits per heavy atom. The van der Waals surface area contributed by atoms with E-state index in [0.717, 1.165) is 26.2 Å². The van der Waals surface area contributed by atoms with Crippen LogP contribution in [0.4, 0.5) is 0 Å². The van der Waals surface area contributed by atoms with E-state index in [2.05, 4.69) is 61.8 Å². The van der Waals surface area contributed by atoms with Crippen molar-refractivity contribution >= 4 is 0 Å². The van der Waals surface area contributed by atoms with Crippen LogP contribution in [0.25, 0.3) is 0 Å². The molecule has 0 aromatic heterocycles. The summed E-state index contributed by atoms with van der Waals surface area (Å²) in [7, 11) is 0. The lowest BCUT2D eigenvalue weighted by molar-refractivity contribution is 0.0851. The Hall–Kier alpha value is -0.900. The van der Waals surface area contributed by atoms with Crippen molar-refractivity contribution in [3.63, 3.8) is 0 Å². The highest BCUT2D eigenvalue weighted by molar-refractivity contribution is 5.25. The molecular formula is C23H40N2O. The number of rotatable bonds is 11. The van der Waals surface area contributed by atoms with Crippen molar-refractivity contribution in [1.82, 2.24) is 9.80 Å². The maximum atomic E-state index is 5.69.